The summed E-state index contributed by atoms with van der Waals surface area (Å²) < 4.78 is 11.7. The van der Waals surface area contributed by atoms with Crippen molar-refractivity contribution in [1.82, 2.24) is 8.75 Å². The summed E-state index contributed by atoms with van der Waals surface area (Å²) in [5, 5.41) is 2.39. The zero-order valence-electron chi connectivity index (χ0n) is 11.0. The van der Waals surface area contributed by atoms with Crippen LogP contribution in [-0.4, -0.2) is 8.75 Å². The van der Waals surface area contributed by atoms with E-state index in [0.717, 1.165) is 11.0 Å². The molecule has 2 nitrogen and oxygen atoms in total. The predicted octanol–water partition coefficient (Wildman–Crippen LogP) is 6.47. The van der Waals surface area contributed by atoms with Crippen LogP contribution in [0.4, 0.5) is 0 Å². The summed E-state index contributed by atoms with van der Waals surface area (Å²) in [5.41, 5.74) is 2.07. The van der Waals surface area contributed by atoms with Crippen LogP contribution in [-0.2, 0) is 0 Å². The molecule has 4 rings (SSSR count). The maximum atomic E-state index is 4.63. The molecule has 2 aromatic carbocycles. The Balaban J connectivity index is 1.72. The number of fused-ring (bicyclic) bond motifs is 2. The standard InChI is InChI=1S/C14H10N2S6/c17-21-13(9-5-1-3-7-11(9)15-21)19-20-14-10-6-2-4-8-12(10)16-22(14)18/h1-8,17-18H/q+2. The first-order valence-corrected chi connectivity index (χ1v) is 12.9. The predicted molar refractivity (Wildman–Crippen MR) is 109 cm³/mol. The molecule has 2 aromatic heterocycles. The number of thiol groups is 2. The molecule has 0 fully saturated rings. The van der Waals surface area contributed by atoms with Crippen molar-refractivity contribution in [1.29, 1.82) is 0 Å². The second-order valence-electron chi connectivity index (χ2n) is 4.49. The topological polar surface area (TPSA) is 25.8 Å². The fourth-order valence-electron chi connectivity index (χ4n) is 2.14. The molecular weight excluding hydrogens is 389 g/mol. The Kier molecular flexibility index (Phi) is 4.31. The zero-order valence-corrected chi connectivity index (χ0v) is 16.1. The van der Waals surface area contributed by atoms with Gasteiger partial charge in [0.1, 0.15) is 34.4 Å². The van der Waals surface area contributed by atoms with Crippen molar-refractivity contribution in [2.24, 2.45) is 0 Å². The van der Waals surface area contributed by atoms with Gasteiger partial charge in [0.15, 0.2) is 19.4 Å². The van der Waals surface area contributed by atoms with E-state index in [1.165, 1.54) is 19.2 Å². The quantitative estimate of drug-likeness (QED) is 0.235. The fraction of sp³-hybridized carbons (Fsp3) is 0. The third-order valence-corrected chi connectivity index (χ3v) is 11.5. The Morgan fingerprint density at radius 2 is 1.09 bits per heavy atom. The van der Waals surface area contributed by atoms with Gasteiger partial charge in [-0.15, -0.1) is 0 Å². The van der Waals surface area contributed by atoms with Gasteiger partial charge in [-0.2, -0.15) is 0 Å². The highest BCUT2D eigenvalue weighted by molar-refractivity contribution is 8.78. The Bertz CT molecular complexity index is 894. The van der Waals surface area contributed by atoms with Gasteiger partial charge in [0, 0.05) is 21.6 Å². The molecule has 0 aliphatic carbocycles. The largest absolute Gasteiger partial charge is 0.265 e. The van der Waals surface area contributed by atoms with Crippen LogP contribution in [0, 0.1) is 0 Å². The molecule has 0 aliphatic heterocycles. The second kappa shape index (κ2) is 6.26. The van der Waals surface area contributed by atoms with E-state index >= 15 is 0 Å². The van der Waals surface area contributed by atoms with Crippen LogP contribution in [0.3, 0.4) is 0 Å². The third-order valence-electron chi connectivity index (χ3n) is 3.14. The minimum absolute atomic E-state index is 0.364. The molecule has 2 unspecified atom stereocenters. The van der Waals surface area contributed by atoms with Crippen molar-refractivity contribution < 1.29 is 0 Å². The lowest BCUT2D eigenvalue weighted by molar-refractivity contribution is 1.66. The van der Waals surface area contributed by atoms with Crippen LogP contribution in [0.15, 0.2) is 56.9 Å². The number of hydrogen-bond acceptors (Lipinski definition) is 6. The van der Waals surface area contributed by atoms with E-state index in [4.69, 9.17) is 0 Å². The highest BCUT2D eigenvalue weighted by Gasteiger charge is 2.26. The first kappa shape index (κ1) is 15.2. The lowest BCUT2D eigenvalue weighted by atomic mass is 10.3. The monoisotopic (exact) mass is 398 g/mol. The molecule has 0 saturated heterocycles. The molecule has 0 aliphatic rings. The molecule has 2 atom stereocenters. The minimum Gasteiger partial charge on any atom is -0.0613 e. The van der Waals surface area contributed by atoms with Gasteiger partial charge < -0.3 is 0 Å². The average molecular weight is 399 g/mol. The molecule has 2 heterocycles. The maximum Gasteiger partial charge on any atom is 0.265 e. The molecule has 0 bridgehead atoms. The molecule has 8 heteroatoms. The zero-order chi connectivity index (χ0) is 15.1. The van der Waals surface area contributed by atoms with Crippen molar-refractivity contribution in [2.45, 2.75) is 8.42 Å². The third kappa shape index (κ3) is 2.65. The van der Waals surface area contributed by atoms with Gasteiger partial charge in [0.05, 0.1) is 10.8 Å². The van der Waals surface area contributed by atoms with Crippen molar-refractivity contribution >= 4 is 86.1 Å². The summed E-state index contributed by atoms with van der Waals surface area (Å²) in [6.07, 6.45) is 0. The lowest BCUT2D eigenvalue weighted by Crippen LogP contribution is -1.67. The second-order valence-corrected chi connectivity index (χ2v) is 11.5. The maximum absolute atomic E-state index is 4.63. The van der Waals surface area contributed by atoms with E-state index in [0.29, 0.717) is 0 Å². The van der Waals surface area contributed by atoms with Crippen molar-refractivity contribution in [3.05, 3.63) is 48.5 Å². The van der Waals surface area contributed by atoms with Crippen LogP contribution in [0.1, 0.15) is 0 Å². The van der Waals surface area contributed by atoms with E-state index in [-0.39, 0.29) is 19.4 Å². The van der Waals surface area contributed by atoms with Crippen LogP contribution >= 0.6 is 64.3 Å². The summed E-state index contributed by atoms with van der Waals surface area (Å²) >= 11 is 9.25. The highest BCUT2D eigenvalue weighted by Crippen LogP contribution is 2.53. The van der Waals surface area contributed by atoms with Crippen molar-refractivity contribution in [3.8, 4) is 0 Å². The van der Waals surface area contributed by atoms with Gasteiger partial charge in [-0.3, -0.25) is 0 Å². The molecule has 0 amide bonds. The summed E-state index contributed by atoms with van der Waals surface area (Å²) in [6, 6.07) is 16.4. The Hall–Kier alpha value is -0.380. The van der Waals surface area contributed by atoms with E-state index in [1.54, 1.807) is 21.6 Å². The first-order chi connectivity index (χ1) is 10.7. The van der Waals surface area contributed by atoms with Gasteiger partial charge in [0.25, 0.3) is 8.42 Å². The smallest absolute Gasteiger partial charge is 0.0613 e. The minimum atomic E-state index is -0.364. The van der Waals surface area contributed by atoms with Crippen LogP contribution < -0.4 is 0 Å². The van der Waals surface area contributed by atoms with Gasteiger partial charge in [0.2, 0.25) is 0 Å². The van der Waals surface area contributed by atoms with Gasteiger partial charge in [-0.05, 0) is 33.0 Å². The Morgan fingerprint density at radius 1 is 0.682 bits per heavy atom. The number of rotatable bonds is 3. The van der Waals surface area contributed by atoms with Gasteiger partial charge in [-0.1, -0.05) is 24.3 Å². The summed E-state index contributed by atoms with van der Waals surface area (Å²) in [4.78, 5) is 0. The van der Waals surface area contributed by atoms with Gasteiger partial charge >= 0.3 is 0 Å². The van der Waals surface area contributed by atoms with Crippen molar-refractivity contribution in [3.63, 3.8) is 0 Å². The summed E-state index contributed by atoms with van der Waals surface area (Å²) in [6.45, 7) is 0. The van der Waals surface area contributed by atoms with Gasteiger partial charge in [-0.25, -0.2) is 0 Å². The Morgan fingerprint density at radius 3 is 1.55 bits per heavy atom. The van der Waals surface area contributed by atoms with Crippen LogP contribution in [0.5, 0.6) is 0 Å². The number of aromatic nitrogens is 2. The van der Waals surface area contributed by atoms with Crippen LogP contribution in [0.25, 0.3) is 21.8 Å². The molecule has 4 aromatic rings. The number of benzene rings is 2. The molecule has 22 heavy (non-hydrogen) atoms. The van der Waals surface area contributed by atoms with E-state index in [2.05, 4.69) is 44.2 Å². The normalized spacial score (nSPS) is 13.2. The number of hydrogen-bond donors (Lipinski definition) is 2. The number of nitrogens with zero attached hydrogens (tertiary/aromatic N) is 2. The molecular formula is C14H10N2S6+2. The van der Waals surface area contributed by atoms with E-state index in [1.807, 2.05) is 36.4 Å². The molecule has 110 valence electrons. The lowest BCUT2D eigenvalue weighted by Gasteiger charge is -1.91. The Labute approximate surface area is 151 Å². The van der Waals surface area contributed by atoms with E-state index in [9.17, 15) is 0 Å². The highest BCUT2D eigenvalue weighted by atomic mass is 33.1. The molecule has 0 radical (unpaired) electrons. The fourth-order valence-corrected chi connectivity index (χ4v) is 10.6. The molecule has 0 N–H and O–H groups in total. The van der Waals surface area contributed by atoms with E-state index < -0.39 is 0 Å². The van der Waals surface area contributed by atoms with Crippen LogP contribution in [0.2, 0.25) is 0 Å². The van der Waals surface area contributed by atoms with Crippen molar-refractivity contribution in [2.75, 3.05) is 0 Å². The summed E-state index contributed by atoms with van der Waals surface area (Å²) in [7, 11) is 2.74. The SMILES string of the molecule is S[s+]1nc2ccccc2c1SSc1c2ccccc2n[s+]1S. The first-order valence-electron chi connectivity index (χ1n) is 6.32. The molecule has 0 spiro atoms. The molecule has 0 saturated carbocycles. The summed E-state index contributed by atoms with van der Waals surface area (Å²) in [5.74, 6) is 0. The average Bonchev–Trinajstić information content (AvgIpc) is 3.01.